The van der Waals surface area contributed by atoms with E-state index in [0.29, 0.717) is 13.0 Å². The molecule has 0 spiro atoms. The van der Waals surface area contributed by atoms with E-state index in [1.54, 1.807) is 17.5 Å². The second-order valence-corrected chi connectivity index (χ2v) is 4.50. The van der Waals surface area contributed by atoms with Gasteiger partial charge in [-0.05, 0) is 13.8 Å². The Balaban J connectivity index is 2.46. The first kappa shape index (κ1) is 11.1. The number of amides is 1. The number of carbonyl (C=O) groups excluding carboxylic acids is 1. The van der Waals surface area contributed by atoms with Crippen LogP contribution in [0.5, 0.6) is 0 Å². The number of primary amides is 1. The molecular weight excluding hydrogens is 198 g/mol. The van der Waals surface area contributed by atoms with Gasteiger partial charge < -0.3 is 11.1 Å². The van der Waals surface area contributed by atoms with E-state index in [9.17, 15) is 4.79 Å². The van der Waals surface area contributed by atoms with Crippen molar-refractivity contribution in [3.8, 4) is 0 Å². The van der Waals surface area contributed by atoms with Gasteiger partial charge in [0.05, 0.1) is 5.54 Å². The maximum atomic E-state index is 10.5. The first-order chi connectivity index (χ1) is 6.52. The molecule has 0 aliphatic heterocycles. The summed E-state index contributed by atoms with van der Waals surface area (Å²) in [5, 5.41) is 6.19. The van der Waals surface area contributed by atoms with Crippen LogP contribution in [0.15, 0.2) is 11.6 Å². The van der Waals surface area contributed by atoms with Gasteiger partial charge in [-0.1, -0.05) is 0 Å². The Morgan fingerprint density at radius 2 is 2.43 bits per heavy atom. The Morgan fingerprint density at radius 3 is 2.93 bits per heavy atom. The molecule has 0 aliphatic carbocycles. The van der Waals surface area contributed by atoms with Crippen molar-refractivity contribution in [3.05, 3.63) is 16.6 Å². The lowest BCUT2D eigenvalue weighted by atomic mass is 10.1. The summed E-state index contributed by atoms with van der Waals surface area (Å²) in [7, 11) is 0. The van der Waals surface area contributed by atoms with Gasteiger partial charge in [-0.15, -0.1) is 11.3 Å². The first-order valence-electron chi connectivity index (χ1n) is 4.45. The normalized spacial score (nSPS) is 11.6. The number of thiazole rings is 1. The van der Waals surface area contributed by atoms with Gasteiger partial charge in [0.15, 0.2) is 0 Å². The van der Waals surface area contributed by atoms with Gasteiger partial charge in [-0.25, -0.2) is 4.98 Å². The van der Waals surface area contributed by atoms with Crippen LogP contribution in [0.1, 0.15) is 25.3 Å². The van der Waals surface area contributed by atoms with Gasteiger partial charge in [0.25, 0.3) is 0 Å². The van der Waals surface area contributed by atoms with Crippen LogP contribution in [-0.2, 0) is 10.3 Å². The molecule has 0 saturated heterocycles. The molecule has 14 heavy (non-hydrogen) atoms. The van der Waals surface area contributed by atoms with E-state index in [4.69, 9.17) is 5.73 Å². The Labute approximate surface area is 87.5 Å². The van der Waals surface area contributed by atoms with Gasteiger partial charge >= 0.3 is 0 Å². The van der Waals surface area contributed by atoms with E-state index in [1.807, 2.05) is 19.2 Å². The monoisotopic (exact) mass is 213 g/mol. The molecule has 1 aromatic rings. The van der Waals surface area contributed by atoms with Crippen molar-refractivity contribution >= 4 is 17.2 Å². The molecule has 4 nitrogen and oxygen atoms in total. The predicted octanol–water partition coefficient (Wildman–Crippen LogP) is 0.843. The summed E-state index contributed by atoms with van der Waals surface area (Å²) in [5.74, 6) is -0.285. The summed E-state index contributed by atoms with van der Waals surface area (Å²) in [6, 6.07) is 0. The number of nitrogens with one attached hydrogen (secondary N) is 1. The first-order valence-corrected chi connectivity index (χ1v) is 5.33. The molecule has 1 amide bonds. The second-order valence-electron chi connectivity index (χ2n) is 3.61. The summed E-state index contributed by atoms with van der Waals surface area (Å²) < 4.78 is 0. The van der Waals surface area contributed by atoms with Crippen molar-refractivity contribution in [3.63, 3.8) is 0 Å². The van der Waals surface area contributed by atoms with Crippen molar-refractivity contribution in [2.45, 2.75) is 25.8 Å². The predicted molar refractivity (Wildman–Crippen MR) is 57.0 cm³/mol. The fraction of sp³-hybridized carbons (Fsp3) is 0.556. The molecule has 0 radical (unpaired) electrons. The summed E-state index contributed by atoms with van der Waals surface area (Å²) in [5.41, 5.74) is 4.86. The van der Waals surface area contributed by atoms with Gasteiger partial charge in [0, 0.05) is 24.5 Å². The number of hydrogen-bond acceptors (Lipinski definition) is 4. The fourth-order valence-corrected chi connectivity index (χ4v) is 1.85. The van der Waals surface area contributed by atoms with Crippen LogP contribution >= 0.6 is 11.3 Å². The average Bonchev–Trinajstić information content (AvgIpc) is 2.54. The van der Waals surface area contributed by atoms with Gasteiger partial charge in [0.1, 0.15) is 5.01 Å². The molecule has 1 rings (SSSR count). The quantitative estimate of drug-likeness (QED) is 0.761. The highest BCUT2D eigenvalue weighted by molar-refractivity contribution is 7.09. The van der Waals surface area contributed by atoms with Crippen molar-refractivity contribution in [2.24, 2.45) is 5.73 Å². The molecular formula is C9H15N3OS. The summed E-state index contributed by atoms with van der Waals surface area (Å²) in [4.78, 5) is 14.8. The highest BCUT2D eigenvalue weighted by Gasteiger charge is 2.21. The molecule has 1 heterocycles. The SMILES string of the molecule is CC(C)(NCCC(N)=O)c1nccs1. The molecule has 3 N–H and O–H groups in total. The number of carbonyl (C=O) groups is 1. The molecule has 0 unspecified atom stereocenters. The van der Waals surface area contributed by atoms with Gasteiger partial charge in [-0.3, -0.25) is 4.79 Å². The van der Waals surface area contributed by atoms with E-state index in [0.717, 1.165) is 5.01 Å². The third-order valence-electron chi connectivity index (χ3n) is 1.91. The third-order valence-corrected chi connectivity index (χ3v) is 3.00. The fourth-order valence-electron chi connectivity index (χ4n) is 1.11. The number of rotatable bonds is 5. The highest BCUT2D eigenvalue weighted by Crippen LogP contribution is 2.21. The molecule has 78 valence electrons. The number of aromatic nitrogens is 1. The Bertz CT molecular complexity index is 295. The topological polar surface area (TPSA) is 68.0 Å². The molecule has 0 atom stereocenters. The molecule has 0 saturated carbocycles. The molecule has 0 fully saturated rings. The summed E-state index contributed by atoms with van der Waals surface area (Å²) >= 11 is 1.60. The van der Waals surface area contributed by atoms with Crippen molar-refractivity contribution < 1.29 is 4.79 Å². The lowest BCUT2D eigenvalue weighted by Crippen LogP contribution is -2.38. The summed E-state index contributed by atoms with van der Waals surface area (Å²) in [6.07, 6.45) is 2.13. The van der Waals surface area contributed by atoms with Crippen LogP contribution in [0.25, 0.3) is 0 Å². The maximum Gasteiger partial charge on any atom is 0.218 e. The molecule has 1 aromatic heterocycles. The third kappa shape index (κ3) is 3.08. The minimum atomic E-state index is -0.285. The molecule has 5 heteroatoms. The Kier molecular flexibility index (Phi) is 3.60. The maximum absolute atomic E-state index is 10.5. The minimum Gasteiger partial charge on any atom is -0.370 e. The van der Waals surface area contributed by atoms with E-state index in [2.05, 4.69) is 10.3 Å². The zero-order chi connectivity index (χ0) is 10.6. The van der Waals surface area contributed by atoms with Crippen LogP contribution < -0.4 is 11.1 Å². The Morgan fingerprint density at radius 1 is 1.71 bits per heavy atom. The van der Waals surface area contributed by atoms with Crippen molar-refractivity contribution in [1.29, 1.82) is 0 Å². The number of hydrogen-bond donors (Lipinski definition) is 2. The van der Waals surface area contributed by atoms with E-state index >= 15 is 0 Å². The Hall–Kier alpha value is -0.940. The van der Waals surface area contributed by atoms with Crippen LogP contribution in [0.2, 0.25) is 0 Å². The number of nitrogens with zero attached hydrogens (tertiary/aromatic N) is 1. The van der Waals surface area contributed by atoms with Crippen molar-refractivity contribution in [1.82, 2.24) is 10.3 Å². The van der Waals surface area contributed by atoms with E-state index in [-0.39, 0.29) is 11.4 Å². The average molecular weight is 213 g/mol. The second kappa shape index (κ2) is 4.52. The van der Waals surface area contributed by atoms with Gasteiger partial charge in [0.2, 0.25) is 5.91 Å². The van der Waals surface area contributed by atoms with Crippen LogP contribution in [-0.4, -0.2) is 17.4 Å². The van der Waals surface area contributed by atoms with Crippen LogP contribution in [0, 0.1) is 0 Å². The van der Waals surface area contributed by atoms with Crippen LogP contribution in [0.3, 0.4) is 0 Å². The zero-order valence-corrected chi connectivity index (χ0v) is 9.23. The van der Waals surface area contributed by atoms with E-state index < -0.39 is 0 Å². The molecule has 0 aromatic carbocycles. The minimum absolute atomic E-state index is 0.191. The lowest BCUT2D eigenvalue weighted by Gasteiger charge is -2.23. The molecule has 0 aliphatic rings. The largest absolute Gasteiger partial charge is 0.370 e. The zero-order valence-electron chi connectivity index (χ0n) is 8.41. The summed E-state index contributed by atoms with van der Waals surface area (Å²) in [6.45, 7) is 4.65. The van der Waals surface area contributed by atoms with Crippen molar-refractivity contribution in [2.75, 3.05) is 6.54 Å². The highest BCUT2D eigenvalue weighted by atomic mass is 32.1. The van der Waals surface area contributed by atoms with Crippen LogP contribution in [0.4, 0.5) is 0 Å². The molecule has 0 bridgehead atoms. The lowest BCUT2D eigenvalue weighted by molar-refractivity contribution is -0.117. The van der Waals surface area contributed by atoms with Gasteiger partial charge in [-0.2, -0.15) is 0 Å². The smallest absolute Gasteiger partial charge is 0.218 e. The number of nitrogens with two attached hydrogens (primary N) is 1. The van der Waals surface area contributed by atoms with E-state index in [1.165, 1.54) is 0 Å². The standard InChI is InChI=1S/C9H15N3OS/c1-9(2,8-11-5-6-14-8)12-4-3-7(10)13/h5-6,12H,3-4H2,1-2H3,(H2,10,13).